The van der Waals surface area contributed by atoms with E-state index in [2.05, 4.69) is 34.6 Å². The molecule has 0 aliphatic rings. The molecule has 10 heteroatoms. The van der Waals surface area contributed by atoms with Gasteiger partial charge in [-0.15, -0.1) is 11.8 Å². The van der Waals surface area contributed by atoms with Crippen LogP contribution in [0.25, 0.3) is 28.2 Å². The maximum atomic E-state index is 9.94. The Hall–Kier alpha value is -3.86. The van der Waals surface area contributed by atoms with Crippen LogP contribution in [0.2, 0.25) is 0 Å². The van der Waals surface area contributed by atoms with Crippen molar-refractivity contribution in [2.75, 3.05) is 31.4 Å². The molecular formula is C30H34N6O3S. The van der Waals surface area contributed by atoms with Crippen LogP contribution in [0.1, 0.15) is 29.8 Å². The fraction of sp³-hybridized carbons (Fsp3) is 0.300. The zero-order valence-electron chi connectivity index (χ0n) is 23.1. The number of hydrogen-bond donors (Lipinski definition) is 3. The van der Waals surface area contributed by atoms with Crippen LogP contribution >= 0.6 is 11.8 Å². The van der Waals surface area contributed by atoms with E-state index >= 15 is 0 Å². The highest BCUT2D eigenvalue weighted by Crippen LogP contribution is 2.37. The maximum Gasteiger partial charge on any atom is 0.165 e. The first-order chi connectivity index (χ1) is 19.4. The molecule has 1 atom stereocenters. The van der Waals surface area contributed by atoms with Crippen LogP contribution in [-0.4, -0.2) is 60.4 Å². The van der Waals surface area contributed by atoms with E-state index in [1.165, 1.54) is 0 Å². The molecule has 0 aliphatic carbocycles. The van der Waals surface area contributed by atoms with Gasteiger partial charge in [0.2, 0.25) is 0 Å². The Morgan fingerprint density at radius 1 is 1.10 bits per heavy atom. The van der Waals surface area contributed by atoms with Gasteiger partial charge < -0.3 is 24.8 Å². The summed E-state index contributed by atoms with van der Waals surface area (Å²) < 4.78 is 9.39. The number of aliphatic hydroxyl groups excluding tert-OH is 2. The largest absolute Gasteiger partial charge is 0.496 e. The van der Waals surface area contributed by atoms with Gasteiger partial charge in [-0.2, -0.15) is 9.61 Å². The second-order valence-electron chi connectivity index (χ2n) is 9.70. The molecule has 0 saturated heterocycles. The minimum absolute atomic E-state index is 0.0126. The summed E-state index contributed by atoms with van der Waals surface area (Å²) >= 11 is 1.54. The van der Waals surface area contributed by atoms with Crippen molar-refractivity contribution in [2.45, 2.75) is 31.2 Å². The van der Waals surface area contributed by atoms with Gasteiger partial charge in [0.15, 0.2) is 5.65 Å². The van der Waals surface area contributed by atoms with Crippen molar-refractivity contribution in [3.8, 4) is 28.3 Å². The van der Waals surface area contributed by atoms with E-state index in [1.54, 1.807) is 25.1 Å². The van der Waals surface area contributed by atoms with Gasteiger partial charge in [-0.3, -0.25) is 0 Å². The normalized spacial score (nSPS) is 12.2. The lowest BCUT2D eigenvalue weighted by Gasteiger charge is -2.14. The third-order valence-electron chi connectivity index (χ3n) is 6.84. The minimum atomic E-state index is -0.146. The van der Waals surface area contributed by atoms with E-state index in [0.29, 0.717) is 17.9 Å². The highest BCUT2D eigenvalue weighted by atomic mass is 32.2. The number of fused-ring (bicyclic) bond motifs is 1. The number of hydrogen-bond acceptors (Lipinski definition) is 8. The number of rotatable bonds is 11. The number of benzene rings is 2. The van der Waals surface area contributed by atoms with Crippen LogP contribution in [0, 0.1) is 6.92 Å². The molecular weight excluding hydrogens is 524 g/mol. The van der Waals surface area contributed by atoms with Gasteiger partial charge >= 0.3 is 0 Å². The van der Waals surface area contributed by atoms with Crippen molar-refractivity contribution in [3.05, 3.63) is 77.9 Å². The molecule has 1 unspecified atom stereocenters. The average Bonchev–Trinajstić information content (AvgIpc) is 3.56. The number of ether oxygens (including phenoxy) is 1. The quantitative estimate of drug-likeness (QED) is 0.196. The Balaban J connectivity index is 1.55. The summed E-state index contributed by atoms with van der Waals surface area (Å²) in [6, 6.07) is 16.3. The summed E-state index contributed by atoms with van der Waals surface area (Å²) in [5.74, 6) is 2.89. The highest BCUT2D eigenvalue weighted by molar-refractivity contribution is 7.99. The Labute approximate surface area is 237 Å². The number of aromatic nitrogens is 5. The fourth-order valence-corrected chi connectivity index (χ4v) is 5.52. The molecule has 2 aromatic carbocycles. The summed E-state index contributed by atoms with van der Waals surface area (Å²) in [6.45, 7) is 4.57. The molecule has 5 aromatic rings. The number of aryl methyl sites for hydroxylation is 2. The molecule has 0 amide bonds. The molecule has 3 N–H and O–H groups in total. The average molecular weight is 559 g/mol. The first-order valence-electron chi connectivity index (χ1n) is 13.2. The number of aliphatic hydroxyl groups is 2. The lowest BCUT2D eigenvalue weighted by molar-refractivity contribution is 0.271. The monoisotopic (exact) mass is 558 g/mol. The standard InChI is InChI=1S/C30H34N6O3S/c1-19(18-38)24-16-27(32-17-21-6-5-7-23(14-21)29-31-10-11-35(29)3)36-30(33-24)28(20(2)34-36)22-8-9-25(39-4)26(15-22)40-13-12-37/h5-11,14-16,19,32,37-38H,12-13,17-18H2,1-4H3. The molecule has 3 heterocycles. The van der Waals surface area contributed by atoms with Crippen molar-refractivity contribution >= 4 is 23.2 Å². The van der Waals surface area contributed by atoms with Crippen molar-refractivity contribution in [1.82, 2.24) is 24.1 Å². The van der Waals surface area contributed by atoms with Crippen LogP contribution in [0.15, 0.2) is 65.8 Å². The summed E-state index contributed by atoms with van der Waals surface area (Å²) in [7, 11) is 3.63. The summed E-state index contributed by atoms with van der Waals surface area (Å²) in [4.78, 5) is 10.4. The van der Waals surface area contributed by atoms with E-state index in [1.807, 2.05) is 60.4 Å². The molecule has 0 bridgehead atoms. The molecule has 0 saturated carbocycles. The van der Waals surface area contributed by atoms with Crippen molar-refractivity contribution in [2.24, 2.45) is 7.05 Å². The Kier molecular flexibility index (Phi) is 8.39. The molecule has 0 radical (unpaired) electrons. The van der Waals surface area contributed by atoms with E-state index < -0.39 is 0 Å². The first-order valence-corrected chi connectivity index (χ1v) is 14.2. The topological polar surface area (TPSA) is 110 Å². The van der Waals surface area contributed by atoms with Gasteiger partial charge in [0.05, 0.1) is 36.6 Å². The Morgan fingerprint density at radius 3 is 2.67 bits per heavy atom. The molecule has 0 spiro atoms. The van der Waals surface area contributed by atoms with E-state index in [-0.39, 0.29) is 19.1 Å². The molecule has 40 heavy (non-hydrogen) atoms. The lowest BCUT2D eigenvalue weighted by Crippen LogP contribution is -2.10. The third-order valence-corrected chi connectivity index (χ3v) is 7.86. The van der Waals surface area contributed by atoms with Gasteiger partial charge in [-0.25, -0.2) is 9.97 Å². The predicted molar refractivity (Wildman–Crippen MR) is 159 cm³/mol. The number of methoxy groups -OCH3 is 1. The third kappa shape index (κ3) is 5.56. The van der Waals surface area contributed by atoms with E-state index in [4.69, 9.17) is 14.8 Å². The van der Waals surface area contributed by atoms with Gasteiger partial charge in [0, 0.05) is 54.9 Å². The summed E-state index contributed by atoms with van der Waals surface area (Å²) in [5, 5.41) is 27.7. The molecule has 0 fully saturated rings. The fourth-order valence-electron chi connectivity index (χ4n) is 4.71. The zero-order chi connectivity index (χ0) is 28.2. The molecule has 9 nitrogen and oxygen atoms in total. The van der Waals surface area contributed by atoms with Crippen LogP contribution in [0.3, 0.4) is 0 Å². The Morgan fingerprint density at radius 2 is 1.95 bits per heavy atom. The number of anilines is 1. The summed E-state index contributed by atoms with van der Waals surface area (Å²) in [5.41, 5.74) is 6.36. The molecule has 3 aromatic heterocycles. The van der Waals surface area contributed by atoms with Crippen molar-refractivity contribution in [1.29, 1.82) is 0 Å². The van der Waals surface area contributed by atoms with Crippen molar-refractivity contribution in [3.63, 3.8) is 0 Å². The van der Waals surface area contributed by atoms with Gasteiger partial charge in [-0.05, 0) is 36.2 Å². The Bertz CT molecular complexity index is 1630. The van der Waals surface area contributed by atoms with Crippen LogP contribution < -0.4 is 10.1 Å². The second kappa shape index (κ2) is 12.1. The molecule has 208 valence electrons. The van der Waals surface area contributed by atoms with Crippen LogP contribution in [0.4, 0.5) is 5.82 Å². The molecule has 0 aliphatic heterocycles. The SMILES string of the molecule is COc1ccc(-c2c(C)nn3c(NCc4cccc(-c5nccn5C)c4)cc(C(C)CO)nc23)cc1SCCO. The van der Waals surface area contributed by atoms with Crippen LogP contribution in [-0.2, 0) is 13.6 Å². The minimum Gasteiger partial charge on any atom is -0.496 e. The number of imidazole rings is 1. The van der Waals surface area contributed by atoms with Gasteiger partial charge in [-0.1, -0.05) is 31.2 Å². The second-order valence-corrected chi connectivity index (χ2v) is 10.8. The van der Waals surface area contributed by atoms with Crippen molar-refractivity contribution < 1.29 is 14.9 Å². The number of nitrogens with one attached hydrogen (secondary N) is 1. The number of thioether (sulfide) groups is 1. The van der Waals surface area contributed by atoms with E-state index in [0.717, 1.165) is 55.9 Å². The van der Waals surface area contributed by atoms with Gasteiger partial charge in [0.25, 0.3) is 0 Å². The number of nitrogens with zero attached hydrogens (tertiary/aromatic N) is 5. The van der Waals surface area contributed by atoms with E-state index in [9.17, 15) is 10.2 Å². The smallest absolute Gasteiger partial charge is 0.165 e. The highest BCUT2D eigenvalue weighted by Gasteiger charge is 2.20. The zero-order valence-corrected chi connectivity index (χ0v) is 23.9. The predicted octanol–water partition coefficient (Wildman–Crippen LogP) is 4.91. The lowest BCUT2D eigenvalue weighted by atomic mass is 10.1. The first kappa shape index (κ1) is 27.7. The van der Waals surface area contributed by atoms with Gasteiger partial charge in [0.1, 0.15) is 17.4 Å². The van der Waals surface area contributed by atoms with Crippen LogP contribution in [0.5, 0.6) is 5.75 Å². The maximum absolute atomic E-state index is 9.94. The summed E-state index contributed by atoms with van der Waals surface area (Å²) in [6.07, 6.45) is 3.74. The molecule has 5 rings (SSSR count).